The number of fused-ring (bicyclic) bond motifs is 1. The van der Waals surface area contributed by atoms with E-state index in [9.17, 15) is 14.0 Å². The number of halogens is 1. The van der Waals surface area contributed by atoms with Gasteiger partial charge < -0.3 is 15.4 Å². The van der Waals surface area contributed by atoms with Gasteiger partial charge in [-0.15, -0.1) is 0 Å². The largest absolute Gasteiger partial charge is 0.444 e. The number of pyridine rings is 1. The van der Waals surface area contributed by atoms with Crippen LogP contribution >= 0.6 is 0 Å². The quantitative estimate of drug-likeness (QED) is 0.451. The van der Waals surface area contributed by atoms with E-state index in [0.717, 1.165) is 12.8 Å². The second kappa shape index (κ2) is 9.74. The molecule has 0 saturated heterocycles. The molecular weight excluding hydrogens is 447 g/mol. The van der Waals surface area contributed by atoms with Crippen LogP contribution < -0.4 is 16.0 Å². The molecule has 0 aliphatic heterocycles. The normalized spacial score (nSPS) is 13.2. The second-order valence-corrected chi connectivity index (χ2v) is 9.64. The zero-order valence-electron chi connectivity index (χ0n) is 20.2. The minimum Gasteiger partial charge on any atom is -0.444 e. The van der Waals surface area contributed by atoms with Crippen LogP contribution in [0, 0.1) is 12.7 Å². The van der Waals surface area contributed by atoms with E-state index in [2.05, 4.69) is 33.1 Å². The van der Waals surface area contributed by atoms with Crippen molar-refractivity contribution < 1.29 is 18.7 Å². The van der Waals surface area contributed by atoms with Gasteiger partial charge in [0.25, 0.3) is 5.91 Å². The third-order valence-corrected chi connectivity index (χ3v) is 5.62. The number of carbonyl (C=O) groups excluding carboxylic acids is 2. The minimum atomic E-state index is -0.686. The van der Waals surface area contributed by atoms with E-state index >= 15 is 0 Å². The second-order valence-electron chi connectivity index (χ2n) is 9.64. The van der Waals surface area contributed by atoms with Gasteiger partial charge in [-0.2, -0.15) is 0 Å². The fourth-order valence-corrected chi connectivity index (χ4v) is 4.01. The van der Waals surface area contributed by atoms with Crippen molar-refractivity contribution in [1.29, 1.82) is 0 Å². The zero-order valence-corrected chi connectivity index (χ0v) is 20.2. The van der Waals surface area contributed by atoms with E-state index in [1.54, 1.807) is 45.9 Å². The van der Waals surface area contributed by atoms with Crippen molar-refractivity contribution in [2.24, 2.45) is 0 Å². The molecule has 0 atom stereocenters. The average molecular weight is 477 g/mol. The maximum absolute atomic E-state index is 14.0. The maximum atomic E-state index is 14.0. The molecule has 35 heavy (non-hydrogen) atoms. The number of nitrogens with zero attached hydrogens (tertiary/aromatic N) is 1. The first-order chi connectivity index (χ1) is 16.6. The number of anilines is 3. The number of nitrogens with one attached hydrogen (secondary N) is 3. The summed E-state index contributed by atoms with van der Waals surface area (Å²) in [5.74, 6) is -0.446. The van der Waals surface area contributed by atoms with Gasteiger partial charge in [-0.1, -0.05) is 30.3 Å². The Morgan fingerprint density at radius 3 is 2.37 bits per heavy atom. The number of benzene rings is 2. The first kappa shape index (κ1) is 24.2. The standard InChI is InChI=1S/C27H29FN4O3/c1-16-21(28)10-7-11-22(16)31-24-15-20(30-26(34)35-27(2,3)4)14-23(32-24)25(33)29-19-12-17-8-5-6-9-18(17)13-19/h5-11,14-15,19H,12-13H2,1-4H3,(H,29,33)(H2,30,31,32,34). The Bertz CT molecular complexity index is 1240. The smallest absolute Gasteiger partial charge is 0.412 e. The predicted octanol–water partition coefficient (Wildman–Crippen LogP) is 5.52. The van der Waals surface area contributed by atoms with E-state index in [-0.39, 0.29) is 29.3 Å². The van der Waals surface area contributed by atoms with Crippen LogP contribution in [-0.4, -0.2) is 28.6 Å². The average Bonchev–Trinajstić information content (AvgIpc) is 3.17. The van der Waals surface area contributed by atoms with Crippen molar-refractivity contribution in [3.63, 3.8) is 0 Å². The lowest BCUT2D eigenvalue weighted by Crippen LogP contribution is -2.36. The third-order valence-electron chi connectivity index (χ3n) is 5.62. The van der Waals surface area contributed by atoms with E-state index < -0.39 is 11.7 Å². The molecule has 0 bridgehead atoms. The van der Waals surface area contributed by atoms with Crippen molar-refractivity contribution in [2.45, 2.75) is 52.2 Å². The van der Waals surface area contributed by atoms with E-state index in [4.69, 9.17) is 4.74 Å². The van der Waals surface area contributed by atoms with Crippen molar-refractivity contribution in [2.75, 3.05) is 10.6 Å². The number of hydrogen-bond donors (Lipinski definition) is 3. The van der Waals surface area contributed by atoms with Crippen LogP contribution in [0.2, 0.25) is 0 Å². The molecule has 0 radical (unpaired) electrons. The first-order valence-electron chi connectivity index (χ1n) is 11.5. The number of rotatable bonds is 5. The van der Waals surface area contributed by atoms with Crippen molar-refractivity contribution in [1.82, 2.24) is 10.3 Å². The topological polar surface area (TPSA) is 92.4 Å². The van der Waals surface area contributed by atoms with Gasteiger partial charge in [-0.05, 0) is 69.9 Å². The van der Waals surface area contributed by atoms with Gasteiger partial charge in [0.1, 0.15) is 22.9 Å². The fraction of sp³-hybridized carbons (Fsp3) is 0.296. The summed E-state index contributed by atoms with van der Waals surface area (Å²) in [4.78, 5) is 29.9. The molecule has 8 heteroatoms. The van der Waals surface area contributed by atoms with Gasteiger partial charge in [0.15, 0.2) is 0 Å². The Labute approximate surface area is 204 Å². The van der Waals surface area contributed by atoms with Crippen LogP contribution in [-0.2, 0) is 17.6 Å². The highest BCUT2D eigenvalue weighted by molar-refractivity contribution is 5.95. The van der Waals surface area contributed by atoms with Gasteiger partial charge >= 0.3 is 6.09 Å². The molecule has 2 amide bonds. The summed E-state index contributed by atoms with van der Waals surface area (Å²) in [6.07, 6.45) is 0.825. The molecule has 1 aliphatic carbocycles. The Balaban J connectivity index is 1.58. The molecule has 4 rings (SSSR count). The molecule has 3 aromatic rings. The lowest BCUT2D eigenvalue weighted by molar-refractivity contribution is 0.0635. The number of carbonyl (C=O) groups is 2. The summed E-state index contributed by atoms with van der Waals surface area (Å²) in [5.41, 5.74) is 3.11. The van der Waals surface area contributed by atoms with Gasteiger partial charge in [0.05, 0.1) is 5.69 Å². The molecule has 2 aromatic carbocycles. The van der Waals surface area contributed by atoms with E-state index in [1.807, 2.05) is 12.1 Å². The van der Waals surface area contributed by atoms with Crippen LogP contribution in [0.1, 0.15) is 48.0 Å². The number of ether oxygens (including phenoxy) is 1. The lowest BCUT2D eigenvalue weighted by atomic mass is 10.1. The van der Waals surface area contributed by atoms with Gasteiger partial charge in [0.2, 0.25) is 0 Å². The Hall–Kier alpha value is -3.94. The van der Waals surface area contributed by atoms with Crippen molar-refractivity contribution in [3.8, 4) is 0 Å². The Kier molecular flexibility index (Phi) is 6.73. The summed E-state index contributed by atoms with van der Waals surface area (Å²) in [5, 5.41) is 8.75. The fourth-order valence-electron chi connectivity index (χ4n) is 4.01. The molecular formula is C27H29FN4O3. The molecule has 0 spiro atoms. The van der Waals surface area contributed by atoms with E-state index in [1.165, 1.54) is 23.3 Å². The Morgan fingerprint density at radius 2 is 1.71 bits per heavy atom. The number of amides is 2. The summed E-state index contributed by atoms with van der Waals surface area (Å²) < 4.78 is 19.4. The van der Waals surface area contributed by atoms with Gasteiger partial charge in [-0.3, -0.25) is 10.1 Å². The number of aromatic nitrogens is 1. The highest BCUT2D eigenvalue weighted by atomic mass is 19.1. The molecule has 0 saturated carbocycles. The zero-order chi connectivity index (χ0) is 25.2. The molecule has 7 nitrogen and oxygen atoms in total. The third kappa shape index (κ3) is 6.15. The number of hydrogen-bond acceptors (Lipinski definition) is 5. The van der Waals surface area contributed by atoms with Gasteiger partial charge in [0, 0.05) is 23.4 Å². The summed E-state index contributed by atoms with van der Waals surface area (Å²) in [7, 11) is 0. The van der Waals surface area contributed by atoms with Crippen LogP contribution in [0.4, 0.5) is 26.4 Å². The molecule has 0 unspecified atom stereocenters. The summed E-state index contributed by atoms with van der Waals surface area (Å²) in [6.45, 7) is 6.93. The molecule has 1 aromatic heterocycles. The lowest BCUT2D eigenvalue weighted by Gasteiger charge is -2.20. The summed E-state index contributed by atoms with van der Waals surface area (Å²) >= 11 is 0. The molecule has 1 heterocycles. The highest BCUT2D eigenvalue weighted by Gasteiger charge is 2.24. The van der Waals surface area contributed by atoms with E-state index in [0.29, 0.717) is 16.9 Å². The minimum absolute atomic E-state index is 0.0500. The molecule has 182 valence electrons. The molecule has 0 fully saturated rings. The van der Waals surface area contributed by atoms with Crippen molar-refractivity contribution >= 4 is 29.2 Å². The predicted molar refractivity (Wildman–Crippen MR) is 134 cm³/mol. The van der Waals surface area contributed by atoms with Crippen molar-refractivity contribution in [3.05, 3.63) is 82.8 Å². The highest BCUT2D eigenvalue weighted by Crippen LogP contribution is 2.25. The first-order valence-corrected chi connectivity index (χ1v) is 11.5. The SMILES string of the molecule is Cc1c(F)cccc1Nc1cc(NC(=O)OC(C)(C)C)cc(C(=O)NC2Cc3ccccc3C2)n1. The Morgan fingerprint density at radius 1 is 1.03 bits per heavy atom. The van der Waals surface area contributed by atoms with Crippen LogP contribution in [0.15, 0.2) is 54.6 Å². The molecule has 1 aliphatic rings. The van der Waals surface area contributed by atoms with Crippen LogP contribution in [0.3, 0.4) is 0 Å². The van der Waals surface area contributed by atoms with Crippen LogP contribution in [0.25, 0.3) is 0 Å². The molecule has 3 N–H and O–H groups in total. The summed E-state index contributed by atoms with van der Waals surface area (Å²) in [6, 6.07) is 15.8. The van der Waals surface area contributed by atoms with Crippen LogP contribution in [0.5, 0.6) is 0 Å². The maximum Gasteiger partial charge on any atom is 0.412 e. The van der Waals surface area contributed by atoms with Gasteiger partial charge in [-0.25, -0.2) is 14.2 Å². The monoisotopic (exact) mass is 476 g/mol.